The van der Waals surface area contributed by atoms with E-state index < -0.39 is 18.3 Å². The van der Waals surface area contributed by atoms with E-state index in [2.05, 4.69) is 27.4 Å². The van der Waals surface area contributed by atoms with Crippen molar-refractivity contribution in [1.82, 2.24) is 15.3 Å². The number of aliphatic hydroxyl groups excluding tert-OH is 2. The molecule has 0 saturated carbocycles. The molecule has 0 fully saturated rings. The van der Waals surface area contributed by atoms with Crippen LogP contribution in [0.4, 0.5) is 4.79 Å². The summed E-state index contributed by atoms with van der Waals surface area (Å²) in [5.41, 5.74) is 4.55. The molecule has 0 saturated heterocycles. The number of fused-ring (bicyclic) bond motifs is 3. The maximum Gasteiger partial charge on any atom is 0.407 e. The lowest BCUT2D eigenvalue weighted by molar-refractivity contribution is 0.0133. The number of carbonyl (C=O) groups excluding carboxylic acids is 1. The van der Waals surface area contributed by atoms with Crippen LogP contribution in [0.15, 0.2) is 67.0 Å². The Morgan fingerprint density at radius 2 is 1.55 bits per heavy atom. The number of amides is 1. The Labute approximate surface area is 168 Å². The number of alkyl carbamates (subject to hydrolysis) is 1. The van der Waals surface area contributed by atoms with E-state index in [-0.39, 0.29) is 24.9 Å². The largest absolute Gasteiger partial charge is 0.449 e. The van der Waals surface area contributed by atoms with Crippen LogP contribution in [0.3, 0.4) is 0 Å². The highest BCUT2D eigenvalue weighted by molar-refractivity contribution is 5.79. The molecule has 2 aromatic carbocycles. The van der Waals surface area contributed by atoms with Gasteiger partial charge in [0.1, 0.15) is 18.8 Å². The predicted molar refractivity (Wildman–Crippen MR) is 106 cm³/mol. The number of benzene rings is 2. The fraction of sp³-hybridized carbons (Fsp3) is 0.227. The third-order valence-electron chi connectivity index (χ3n) is 5.01. The maximum atomic E-state index is 12.1. The van der Waals surface area contributed by atoms with Crippen LogP contribution in [0.1, 0.15) is 29.0 Å². The zero-order valence-electron chi connectivity index (χ0n) is 15.6. The summed E-state index contributed by atoms with van der Waals surface area (Å²) in [4.78, 5) is 19.9. The summed E-state index contributed by atoms with van der Waals surface area (Å²) in [5.74, 6) is 0.0516. The first-order valence-electron chi connectivity index (χ1n) is 9.37. The van der Waals surface area contributed by atoms with Crippen LogP contribution in [0, 0.1) is 0 Å². The number of aromatic nitrogens is 2. The highest BCUT2D eigenvalue weighted by atomic mass is 16.5. The van der Waals surface area contributed by atoms with E-state index in [0.717, 1.165) is 22.3 Å². The number of nitrogens with zero attached hydrogens (tertiary/aromatic N) is 2. The molecular weight excluding hydrogens is 370 g/mol. The van der Waals surface area contributed by atoms with Gasteiger partial charge in [0.05, 0.1) is 0 Å². The van der Waals surface area contributed by atoms with Gasteiger partial charge in [-0.1, -0.05) is 48.5 Å². The van der Waals surface area contributed by atoms with E-state index in [1.165, 1.54) is 12.4 Å². The quantitative estimate of drug-likeness (QED) is 0.596. The van der Waals surface area contributed by atoms with Crippen molar-refractivity contribution in [2.75, 3.05) is 13.2 Å². The van der Waals surface area contributed by atoms with Crippen molar-refractivity contribution < 1.29 is 19.7 Å². The third-order valence-corrected chi connectivity index (χ3v) is 5.01. The van der Waals surface area contributed by atoms with Crippen molar-refractivity contribution >= 4 is 6.09 Å². The molecule has 0 bridgehead atoms. The fourth-order valence-corrected chi connectivity index (χ4v) is 3.58. The van der Waals surface area contributed by atoms with Crippen LogP contribution in [0.5, 0.6) is 0 Å². The molecule has 1 aliphatic carbocycles. The summed E-state index contributed by atoms with van der Waals surface area (Å²) in [6.07, 6.45) is -0.274. The van der Waals surface area contributed by atoms with Gasteiger partial charge in [0.15, 0.2) is 5.82 Å². The normalized spacial score (nSPS) is 14.6. The Balaban J connectivity index is 1.34. The van der Waals surface area contributed by atoms with E-state index in [1.54, 1.807) is 6.07 Å². The lowest BCUT2D eigenvalue weighted by Gasteiger charge is -2.18. The fourth-order valence-electron chi connectivity index (χ4n) is 3.58. The van der Waals surface area contributed by atoms with Crippen LogP contribution in [-0.4, -0.2) is 45.5 Å². The zero-order valence-corrected chi connectivity index (χ0v) is 15.6. The molecule has 2 atom stereocenters. The second-order valence-corrected chi connectivity index (χ2v) is 6.83. The lowest BCUT2D eigenvalue weighted by atomic mass is 9.98. The molecule has 4 rings (SSSR count). The molecule has 2 unspecified atom stereocenters. The van der Waals surface area contributed by atoms with Gasteiger partial charge in [-0.3, -0.25) is 0 Å². The predicted octanol–water partition coefficient (Wildman–Crippen LogP) is 2.41. The number of aliphatic hydroxyl groups is 2. The molecule has 3 N–H and O–H groups in total. The minimum atomic E-state index is -1.30. The highest BCUT2D eigenvalue weighted by Gasteiger charge is 2.29. The number of rotatable bonds is 6. The summed E-state index contributed by atoms with van der Waals surface area (Å²) < 4.78 is 5.40. The Bertz CT molecular complexity index is 951. The van der Waals surface area contributed by atoms with E-state index in [9.17, 15) is 15.0 Å². The van der Waals surface area contributed by atoms with Crippen LogP contribution < -0.4 is 5.32 Å². The molecule has 0 spiro atoms. The van der Waals surface area contributed by atoms with E-state index in [0.29, 0.717) is 0 Å². The molecule has 3 aromatic rings. The number of hydrogen-bond acceptors (Lipinski definition) is 6. The average Bonchev–Trinajstić information content (AvgIpc) is 3.10. The Hall–Kier alpha value is -3.29. The Morgan fingerprint density at radius 3 is 2.17 bits per heavy atom. The van der Waals surface area contributed by atoms with Gasteiger partial charge in [-0.2, -0.15) is 0 Å². The molecule has 1 heterocycles. The first kappa shape index (κ1) is 19.0. The van der Waals surface area contributed by atoms with E-state index in [4.69, 9.17) is 4.74 Å². The number of nitrogens with one attached hydrogen (secondary N) is 1. The van der Waals surface area contributed by atoms with E-state index >= 15 is 0 Å². The molecular formula is C22H21N3O4. The smallest absolute Gasteiger partial charge is 0.407 e. The standard InChI is InChI=1S/C22H21N3O4/c26-19(20(27)21-23-10-5-11-24-21)12-25-22(28)29-13-18-16-8-3-1-6-14(16)15-7-2-4-9-17(15)18/h1-11,18-20,26-27H,12-13H2,(H,25,28). The summed E-state index contributed by atoms with van der Waals surface area (Å²) in [6, 6.07) is 17.8. The summed E-state index contributed by atoms with van der Waals surface area (Å²) in [6.45, 7) is -0.00357. The van der Waals surface area contributed by atoms with Crippen molar-refractivity contribution in [2.45, 2.75) is 18.1 Å². The van der Waals surface area contributed by atoms with Crippen LogP contribution in [0.2, 0.25) is 0 Å². The Kier molecular flexibility index (Phi) is 5.50. The summed E-state index contributed by atoms with van der Waals surface area (Å²) in [7, 11) is 0. The molecule has 1 aromatic heterocycles. The first-order valence-corrected chi connectivity index (χ1v) is 9.37. The first-order chi connectivity index (χ1) is 14.1. The SMILES string of the molecule is O=C(NCC(O)C(O)c1ncccn1)OCC1c2ccccc2-c2ccccc21. The number of hydrogen-bond donors (Lipinski definition) is 3. The van der Waals surface area contributed by atoms with Gasteiger partial charge in [0.25, 0.3) is 0 Å². The highest BCUT2D eigenvalue weighted by Crippen LogP contribution is 2.44. The van der Waals surface area contributed by atoms with Crippen molar-refractivity contribution in [3.8, 4) is 11.1 Å². The van der Waals surface area contributed by atoms with Crippen LogP contribution in [0.25, 0.3) is 11.1 Å². The van der Waals surface area contributed by atoms with Gasteiger partial charge in [0, 0.05) is 24.9 Å². The van der Waals surface area contributed by atoms with Gasteiger partial charge in [-0.15, -0.1) is 0 Å². The van der Waals surface area contributed by atoms with Crippen molar-refractivity contribution in [3.63, 3.8) is 0 Å². The van der Waals surface area contributed by atoms with Gasteiger partial charge >= 0.3 is 6.09 Å². The second-order valence-electron chi connectivity index (χ2n) is 6.83. The molecule has 0 radical (unpaired) electrons. The van der Waals surface area contributed by atoms with Gasteiger partial charge < -0.3 is 20.3 Å². The van der Waals surface area contributed by atoms with Crippen LogP contribution in [-0.2, 0) is 4.74 Å². The molecule has 0 aliphatic heterocycles. The molecule has 1 amide bonds. The Morgan fingerprint density at radius 1 is 0.966 bits per heavy atom. The number of carbonyl (C=O) groups is 1. The summed E-state index contributed by atoms with van der Waals surface area (Å²) in [5, 5.41) is 22.6. The van der Waals surface area contributed by atoms with Crippen LogP contribution >= 0.6 is 0 Å². The zero-order chi connectivity index (χ0) is 20.2. The van der Waals surface area contributed by atoms with Gasteiger partial charge in [-0.25, -0.2) is 14.8 Å². The molecule has 7 heteroatoms. The molecule has 1 aliphatic rings. The maximum absolute atomic E-state index is 12.1. The summed E-state index contributed by atoms with van der Waals surface area (Å²) >= 11 is 0. The minimum absolute atomic E-state index is 0.0404. The second kappa shape index (κ2) is 8.38. The third kappa shape index (κ3) is 3.96. The lowest BCUT2D eigenvalue weighted by Crippen LogP contribution is -2.36. The monoisotopic (exact) mass is 391 g/mol. The number of ether oxygens (including phenoxy) is 1. The molecule has 148 valence electrons. The van der Waals surface area contributed by atoms with Gasteiger partial charge in [-0.05, 0) is 28.3 Å². The average molecular weight is 391 g/mol. The molecule has 7 nitrogen and oxygen atoms in total. The van der Waals surface area contributed by atoms with E-state index in [1.807, 2.05) is 36.4 Å². The minimum Gasteiger partial charge on any atom is -0.449 e. The molecule has 29 heavy (non-hydrogen) atoms. The van der Waals surface area contributed by atoms with Crippen molar-refractivity contribution in [3.05, 3.63) is 83.9 Å². The topological polar surface area (TPSA) is 105 Å². The van der Waals surface area contributed by atoms with Crippen molar-refractivity contribution in [1.29, 1.82) is 0 Å². The van der Waals surface area contributed by atoms with Crippen molar-refractivity contribution in [2.24, 2.45) is 0 Å². The van der Waals surface area contributed by atoms with Gasteiger partial charge in [0.2, 0.25) is 0 Å².